The number of aliphatic hydroxyl groups excluding tert-OH is 1. The Bertz CT molecular complexity index is 1290. The zero-order chi connectivity index (χ0) is 33.8. The van der Waals surface area contributed by atoms with Crippen LogP contribution < -0.4 is 0 Å². The Morgan fingerprint density at radius 3 is 2.52 bits per heavy atom. The number of aliphatic hydroxyl groups is 1. The van der Waals surface area contributed by atoms with Crippen LogP contribution in [0.3, 0.4) is 0 Å². The highest BCUT2D eigenvalue weighted by atomic mass is 79.9. The number of nitrogens with zero attached hydrogens (tertiary/aromatic N) is 3. The van der Waals surface area contributed by atoms with Crippen LogP contribution in [-0.2, 0) is 28.7 Å². The van der Waals surface area contributed by atoms with Crippen LogP contribution in [0.5, 0.6) is 0 Å². The number of hydrogen-bond donors (Lipinski definition) is 1. The highest BCUT2D eigenvalue weighted by Gasteiger charge is 2.77. The number of likely N-dealkylation sites (N-methyl/N-ethyl adjacent to an activating group) is 1. The van der Waals surface area contributed by atoms with Gasteiger partial charge in [-0.1, -0.05) is 71.8 Å². The van der Waals surface area contributed by atoms with E-state index >= 15 is 0 Å². The average Bonchev–Trinajstić information content (AvgIpc) is 3.64. The number of hydrogen-bond acceptors (Lipinski definition) is 7. The molecule has 1 spiro atoms. The lowest BCUT2D eigenvalue weighted by atomic mass is 9.70. The SMILES string of the molecule is C=CCCC(=O)N(C)[C@@H](C)[C@@H](OC(=O)[C@H]1[C@@H]2O[C@@]3(CC2Br)[C@@H]1C(=O)N(CCO)[C@@H]3C(=O)N(CC=C)C(C)CCC)c1ccccc1. The third kappa shape index (κ3) is 6.55. The van der Waals surface area contributed by atoms with Gasteiger partial charge in [0, 0.05) is 37.4 Å². The molecule has 3 heterocycles. The maximum absolute atomic E-state index is 14.4. The van der Waals surface area contributed by atoms with Crippen molar-refractivity contribution in [3.05, 3.63) is 61.2 Å². The second-order valence-electron chi connectivity index (χ2n) is 12.7. The van der Waals surface area contributed by atoms with Gasteiger partial charge in [-0.05, 0) is 38.7 Å². The Morgan fingerprint density at radius 2 is 1.91 bits per heavy atom. The lowest BCUT2D eigenvalue weighted by Crippen LogP contribution is -2.58. The first-order valence-electron chi connectivity index (χ1n) is 16.3. The van der Waals surface area contributed by atoms with Gasteiger partial charge in [-0.3, -0.25) is 19.2 Å². The minimum Gasteiger partial charge on any atom is -0.455 e. The lowest BCUT2D eigenvalue weighted by molar-refractivity contribution is -0.164. The summed E-state index contributed by atoms with van der Waals surface area (Å²) >= 11 is 3.70. The third-order valence-corrected chi connectivity index (χ3v) is 10.7. The minimum absolute atomic E-state index is 0.0678. The molecule has 0 aliphatic carbocycles. The van der Waals surface area contributed by atoms with Crippen molar-refractivity contribution in [2.45, 2.75) is 93.6 Å². The van der Waals surface area contributed by atoms with Gasteiger partial charge in [0.2, 0.25) is 17.7 Å². The Hall–Kier alpha value is -3.02. The van der Waals surface area contributed by atoms with Crippen molar-refractivity contribution >= 4 is 39.6 Å². The molecule has 3 aliphatic rings. The molecule has 46 heavy (non-hydrogen) atoms. The first-order valence-corrected chi connectivity index (χ1v) is 17.2. The van der Waals surface area contributed by atoms with E-state index in [-0.39, 0.29) is 42.3 Å². The van der Waals surface area contributed by atoms with Gasteiger partial charge >= 0.3 is 5.97 Å². The molecule has 0 aromatic heterocycles. The predicted octanol–water partition coefficient (Wildman–Crippen LogP) is 4.03. The number of amides is 3. The monoisotopic (exact) mass is 701 g/mol. The number of carbonyl (C=O) groups excluding carboxylic acids is 4. The van der Waals surface area contributed by atoms with Gasteiger partial charge in [0.05, 0.1) is 30.6 Å². The van der Waals surface area contributed by atoms with E-state index in [1.165, 1.54) is 4.90 Å². The van der Waals surface area contributed by atoms with E-state index in [2.05, 4.69) is 29.1 Å². The Balaban J connectivity index is 1.70. The van der Waals surface area contributed by atoms with Crippen LogP contribution in [0.1, 0.15) is 64.5 Å². The number of allylic oxidation sites excluding steroid dienone is 1. The number of rotatable bonds is 16. The smallest absolute Gasteiger partial charge is 0.313 e. The molecule has 1 N–H and O–H groups in total. The van der Waals surface area contributed by atoms with Crippen molar-refractivity contribution in [1.29, 1.82) is 0 Å². The van der Waals surface area contributed by atoms with Crippen molar-refractivity contribution < 1.29 is 33.8 Å². The summed E-state index contributed by atoms with van der Waals surface area (Å²) in [5.41, 5.74) is -0.568. The topological polar surface area (TPSA) is 117 Å². The van der Waals surface area contributed by atoms with E-state index in [9.17, 15) is 24.3 Å². The number of β-amino-alcohol motifs (C(OH)–C–C–N with tert-alkyl or cyclic N) is 1. The van der Waals surface area contributed by atoms with Crippen LogP contribution in [0.4, 0.5) is 0 Å². The standard InChI is InChI=1S/C35H48BrN3O7/c1-7-10-17-26(41)37(6)23(5)29(24-15-12-11-13-16-24)45-34(44)27-28-32(42)39(19-20-40)31(35(28)21-25(36)30(27)46-35)33(43)38(18-9-3)22(4)14-8-2/h7,9,11-13,15-16,22-23,25,27-31,40H,1,3,8,10,14,17-21H2,2,4-6H3/t22?,23-,25?,27+,28-,29+,30+,31+,35-/m0/s1. The van der Waals surface area contributed by atoms with Gasteiger partial charge in [0.15, 0.2) is 0 Å². The summed E-state index contributed by atoms with van der Waals surface area (Å²) in [5, 5.41) is 9.98. The van der Waals surface area contributed by atoms with Crippen LogP contribution in [0.2, 0.25) is 0 Å². The fraction of sp³-hybridized carbons (Fsp3) is 0.600. The Kier molecular flexibility index (Phi) is 11.9. The summed E-state index contributed by atoms with van der Waals surface area (Å²) in [6.07, 6.45) is 4.60. The third-order valence-electron chi connectivity index (χ3n) is 9.86. The number of carbonyl (C=O) groups is 4. The maximum Gasteiger partial charge on any atom is 0.313 e. The summed E-state index contributed by atoms with van der Waals surface area (Å²) in [7, 11) is 1.68. The molecule has 3 aliphatic heterocycles. The van der Waals surface area contributed by atoms with Crippen LogP contribution >= 0.6 is 15.9 Å². The molecule has 1 aromatic carbocycles. The summed E-state index contributed by atoms with van der Waals surface area (Å²) in [5.74, 6) is -3.38. The van der Waals surface area contributed by atoms with Crippen molar-refractivity contribution in [1.82, 2.24) is 14.7 Å². The van der Waals surface area contributed by atoms with Crippen molar-refractivity contribution in [2.24, 2.45) is 11.8 Å². The van der Waals surface area contributed by atoms with Gasteiger partial charge in [-0.15, -0.1) is 13.2 Å². The largest absolute Gasteiger partial charge is 0.455 e. The van der Waals surface area contributed by atoms with E-state index in [1.807, 2.05) is 51.1 Å². The summed E-state index contributed by atoms with van der Waals surface area (Å²) < 4.78 is 12.9. The van der Waals surface area contributed by atoms with E-state index in [1.54, 1.807) is 29.0 Å². The Labute approximate surface area is 280 Å². The molecule has 9 atom stereocenters. The molecular formula is C35H48BrN3O7. The van der Waals surface area contributed by atoms with Crippen LogP contribution in [-0.4, -0.2) is 105 Å². The minimum atomic E-state index is -1.28. The fourth-order valence-electron chi connectivity index (χ4n) is 7.51. The van der Waals surface area contributed by atoms with E-state index in [0.717, 1.165) is 12.8 Å². The quantitative estimate of drug-likeness (QED) is 0.157. The molecular weight excluding hydrogens is 654 g/mol. The zero-order valence-corrected chi connectivity index (χ0v) is 28.9. The molecule has 1 aromatic rings. The average molecular weight is 703 g/mol. The predicted molar refractivity (Wildman–Crippen MR) is 178 cm³/mol. The highest BCUT2D eigenvalue weighted by Crippen LogP contribution is 2.60. The van der Waals surface area contributed by atoms with Crippen molar-refractivity contribution in [2.75, 3.05) is 26.7 Å². The number of ether oxygens (including phenoxy) is 2. The highest BCUT2D eigenvalue weighted by molar-refractivity contribution is 9.09. The van der Waals surface area contributed by atoms with E-state index in [0.29, 0.717) is 24.9 Å². The molecule has 3 fully saturated rings. The van der Waals surface area contributed by atoms with E-state index in [4.69, 9.17) is 9.47 Å². The molecule has 3 saturated heterocycles. The van der Waals surface area contributed by atoms with E-state index < -0.39 is 53.6 Å². The van der Waals surface area contributed by atoms with Crippen LogP contribution in [0, 0.1) is 11.8 Å². The molecule has 10 nitrogen and oxygen atoms in total. The fourth-order valence-corrected chi connectivity index (χ4v) is 8.45. The number of esters is 1. The van der Waals surface area contributed by atoms with Gasteiger partial charge in [0.25, 0.3) is 0 Å². The molecule has 3 amide bonds. The molecule has 4 rings (SSSR count). The first kappa shape index (κ1) is 35.8. The Morgan fingerprint density at radius 1 is 1.22 bits per heavy atom. The molecule has 2 unspecified atom stereocenters. The van der Waals surface area contributed by atoms with Crippen molar-refractivity contribution in [3.63, 3.8) is 0 Å². The molecule has 0 radical (unpaired) electrons. The van der Waals surface area contributed by atoms with Crippen LogP contribution in [0.15, 0.2) is 55.6 Å². The normalized spacial score (nSPS) is 28.3. The number of alkyl halides is 1. The summed E-state index contributed by atoms with van der Waals surface area (Å²) in [6.45, 7) is 13.3. The van der Waals surface area contributed by atoms with Crippen molar-refractivity contribution in [3.8, 4) is 0 Å². The molecule has 2 bridgehead atoms. The van der Waals surface area contributed by atoms with Gasteiger partial charge in [-0.2, -0.15) is 0 Å². The second kappa shape index (κ2) is 15.3. The van der Waals surface area contributed by atoms with Crippen LogP contribution in [0.25, 0.3) is 0 Å². The molecule has 252 valence electrons. The number of halogens is 1. The summed E-state index contributed by atoms with van der Waals surface area (Å²) in [6, 6.07) is 7.56. The van der Waals surface area contributed by atoms with Gasteiger partial charge in [0.1, 0.15) is 17.7 Å². The number of likely N-dealkylation sites (tertiary alicyclic amines) is 1. The second-order valence-corrected chi connectivity index (χ2v) is 13.9. The maximum atomic E-state index is 14.4. The van der Waals surface area contributed by atoms with Gasteiger partial charge in [-0.25, -0.2) is 0 Å². The zero-order valence-electron chi connectivity index (χ0n) is 27.3. The lowest BCUT2D eigenvalue weighted by Gasteiger charge is -2.39. The number of benzene rings is 1. The number of fused-ring (bicyclic) bond motifs is 1. The first-order chi connectivity index (χ1) is 22.0. The molecule has 0 saturated carbocycles. The summed E-state index contributed by atoms with van der Waals surface area (Å²) in [4.78, 5) is 60.3. The molecule has 11 heteroatoms. The van der Waals surface area contributed by atoms with Gasteiger partial charge < -0.3 is 29.3 Å².